The van der Waals surface area contributed by atoms with Crippen LogP contribution in [0.1, 0.15) is 32.6 Å². The van der Waals surface area contributed by atoms with Crippen molar-refractivity contribution in [3.05, 3.63) is 0 Å². The lowest BCUT2D eigenvalue weighted by Gasteiger charge is -2.32. The summed E-state index contributed by atoms with van der Waals surface area (Å²) in [6, 6.07) is 0.246. The van der Waals surface area contributed by atoms with E-state index in [1.165, 1.54) is 0 Å². The number of nitrogens with two attached hydrogens (primary N) is 1. The summed E-state index contributed by atoms with van der Waals surface area (Å²) in [6.45, 7) is 1.75. The number of rotatable bonds is 2. The molecule has 0 amide bonds. The fourth-order valence-electron chi connectivity index (χ4n) is 3.30. The normalized spacial score (nSPS) is 42.7. The predicted octanol–water partition coefficient (Wildman–Crippen LogP) is 0.937. The molecular formula is C10H19NO2S. The van der Waals surface area contributed by atoms with Crippen LogP contribution < -0.4 is 5.73 Å². The average molecular weight is 217 g/mol. The van der Waals surface area contributed by atoms with Crippen LogP contribution in [0.5, 0.6) is 0 Å². The van der Waals surface area contributed by atoms with Gasteiger partial charge in [0.2, 0.25) is 0 Å². The maximum Gasteiger partial charge on any atom is 0.153 e. The van der Waals surface area contributed by atoms with Gasteiger partial charge in [0.25, 0.3) is 0 Å². The Kier molecular flexibility index (Phi) is 2.60. The van der Waals surface area contributed by atoms with Gasteiger partial charge in [-0.2, -0.15) is 0 Å². The van der Waals surface area contributed by atoms with Gasteiger partial charge < -0.3 is 5.73 Å². The van der Waals surface area contributed by atoms with E-state index in [0.717, 1.165) is 25.7 Å². The lowest BCUT2D eigenvalue weighted by molar-refractivity contribution is 0.320. The Morgan fingerprint density at radius 1 is 1.21 bits per heavy atom. The van der Waals surface area contributed by atoms with Crippen LogP contribution in [0, 0.1) is 11.8 Å². The Balaban J connectivity index is 2.23. The van der Waals surface area contributed by atoms with Gasteiger partial charge in [-0.3, -0.25) is 0 Å². The van der Waals surface area contributed by atoms with Crippen LogP contribution in [0.15, 0.2) is 0 Å². The summed E-state index contributed by atoms with van der Waals surface area (Å²) in [6.07, 6.45) is 3.98. The van der Waals surface area contributed by atoms with Crippen LogP contribution in [-0.2, 0) is 9.84 Å². The summed E-state index contributed by atoms with van der Waals surface area (Å²) < 4.78 is 23.8. The Labute approximate surface area is 86.0 Å². The molecule has 2 bridgehead atoms. The Bertz CT molecular complexity index is 298. The molecule has 0 aliphatic heterocycles. The highest BCUT2D eigenvalue weighted by molar-refractivity contribution is 7.92. The molecule has 0 aromatic rings. The number of sulfone groups is 1. The van der Waals surface area contributed by atoms with Gasteiger partial charge in [0.05, 0.1) is 5.25 Å². The lowest BCUT2D eigenvalue weighted by Crippen LogP contribution is -2.42. The zero-order chi connectivity index (χ0) is 10.3. The summed E-state index contributed by atoms with van der Waals surface area (Å²) >= 11 is 0. The predicted molar refractivity (Wildman–Crippen MR) is 56.7 cm³/mol. The second kappa shape index (κ2) is 3.49. The van der Waals surface area contributed by atoms with Crippen LogP contribution in [0.2, 0.25) is 0 Å². The smallest absolute Gasteiger partial charge is 0.153 e. The van der Waals surface area contributed by atoms with Gasteiger partial charge in [0.1, 0.15) is 0 Å². The highest BCUT2D eigenvalue weighted by Gasteiger charge is 2.47. The minimum atomic E-state index is -2.84. The molecule has 4 heteroatoms. The molecule has 0 heterocycles. The molecule has 2 fully saturated rings. The van der Waals surface area contributed by atoms with Crippen LogP contribution in [-0.4, -0.2) is 25.5 Å². The van der Waals surface area contributed by atoms with Crippen LogP contribution >= 0.6 is 0 Å². The molecule has 2 N–H and O–H groups in total. The zero-order valence-electron chi connectivity index (χ0n) is 8.65. The fourth-order valence-corrected chi connectivity index (χ4v) is 5.35. The first-order valence-electron chi connectivity index (χ1n) is 5.51. The quantitative estimate of drug-likeness (QED) is 0.748. The minimum absolute atomic E-state index is 0.0627. The third-order valence-electron chi connectivity index (χ3n) is 3.87. The molecule has 0 radical (unpaired) electrons. The summed E-state index contributed by atoms with van der Waals surface area (Å²) in [5.41, 5.74) is 5.91. The molecule has 14 heavy (non-hydrogen) atoms. The van der Waals surface area contributed by atoms with Gasteiger partial charge in [-0.05, 0) is 37.5 Å². The fraction of sp³-hybridized carbons (Fsp3) is 1.00. The van der Waals surface area contributed by atoms with E-state index in [2.05, 4.69) is 0 Å². The first kappa shape index (κ1) is 10.4. The molecule has 0 aromatic carbocycles. The van der Waals surface area contributed by atoms with Crippen molar-refractivity contribution >= 4 is 9.84 Å². The third-order valence-corrected chi connectivity index (χ3v) is 6.27. The number of fused-ring (bicyclic) bond motifs is 2. The van der Waals surface area contributed by atoms with E-state index in [1.807, 2.05) is 0 Å². The summed E-state index contributed by atoms with van der Waals surface area (Å²) in [5, 5.41) is -0.0627. The second-order valence-electron chi connectivity index (χ2n) is 4.75. The van der Waals surface area contributed by atoms with E-state index in [4.69, 9.17) is 5.73 Å². The molecule has 0 saturated heterocycles. The van der Waals surface area contributed by atoms with E-state index < -0.39 is 9.84 Å². The zero-order valence-corrected chi connectivity index (χ0v) is 9.46. The van der Waals surface area contributed by atoms with Gasteiger partial charge in [-0.15, -0.1) is 0 Å². The van der Waals surface area contributed by atoms with E-state index in [-0.39, 0.29) is 11.3 Å². The van der Waals surface area contributed by atoms with E-state index in [9.17, 15) is 8.42 Å². The Hall–Kier alpha value is -0.0900. The third kappa shape index (κ3) is 1.58. The van der Waals surface area contributed by atoms with Gasteiger partial charge in [-0.25, -0.2) is 8.42 Å². The molecule has 2 rings (SSSR count). The van der Waals surface area contributed by atoms with Crippen molar-refractivity contribution in [2.24, 2.45) is 17.6 Å². The molecule has 2 aliphatic rings. The largest absolute Gasteiger partial charge is 0.328 e. The van der Waals surface area contributed by atoms with Crippen molar-refractivity contribution in [2.45, 2.75) is 43.9 Å². The molecule has 0 aromatic heterocycles. The molecular weight excluding hydrogens is 198 g/mol. The van der Waals surface area contributed by atoms with Gasteiger partial charge in [-0.1, -0.05) is 6.92 Å². The maximum absolute atomic E-state index is 11.9. The Morgan fingerprint density at radius 3 is 2.14 bits per heavy atom. The van der Waals surface area contributed by atoms with Gasteiger partial charge >= 0.3 is 0 Å². The van der Waals surface area contributed by atoms with Crippen molar-refractivity contribution in [1.82, 2.24) is 0 Å². The highest BCUT2D eigenvalue weighted by Crippen LogP contribution is 2.45. The van der Waals surface area contributed by atoms with Crippen LogP contribution in [0.25, 0.3) is 0 Å². The summed E-state index contributed by atoms with van der Waals surface area (Å²) in [7, 11) is -2.84. The summed E-state index contributed by atoms with van der Waals surface area (Å²) in [5.74, 6) is 1.00. The molecule has 0 spiro atoms. The van der Waals surface area contributed by atoms with Crippen LogP contribution in [0.3, 0.4) is 0 Å². The molecule has 2 aliphatic carbocycles. The monoisotopic (exact) mass is 217 g/mol. The van der Waals surface area contributed by atoms with E-state index >= 15 is 0 Å². The van der Waals surface area contributed by atoms with Crippen molar-refractivity contribution in [1.29, 1.82) is 0 Å². The molecule has 82 valence electrons. The van der Waals surface area contributed by atoms with Crippen molar-refractivity contribution < 1.29 is 8.42 Å². The van der Waals surface area contributed by atoms with Crippen molar-refractivity contribution in [2.75, 3.05) is 5.75 Å². The van der Waals surface area contributed by atoms with Crippen molar-refractivity contribution in [3.63, 3.8) is 0 Å². The lowest BCUT2D eigenvalue weighted by atomic mass is 9.85. The van der Waals surface area contributed by atoms with Gasteiger partial charge in [0, 0.05) is 11.8 Å². The molecule has 2 saturated carbocycles. The first-order valence-corrected chi connectivity index (χ1v) is 7.23. The van der Waals surface area contributed by atoms with Crippen molar-refractivity contribution in [3.8, 4) is 0 Å². The number of hydrogen-bond acceptors (Lipinski definition) is 3. The molecule has 2 atom stereocenters. The first-order chi connectivity index (χ1) is 6.54. The van der Waals surface area contributed by atoms with E-state index in [1.54, 1.807) is 6.92 Å². The molecule has 3 nitrogen and oxygen atoms in total. The SMILES string of the molecule is CCS(=O)(=O)C1C2CCC1CC(N)C2. The van der Waals surface area contributed by atoms with Crippen LogP contribution in [0.4, 0.5) is 0 Å². The highest BCUT2D eigenvalue weighted by atomic mass is 32.2. The second-order valence-corrected chi connectivity index (χ2v) is 7.19. The Morgan fingerprint density at radius 2 is 1.71 bits per heavy atom. The molecule has 2 unspecified atom stereocenters. The van der Waals surface area contributed by atoms with E-state index in [0.29, 0.717) is 17.6 Å². The van der Waals surface area contributed by atoms with Gasteiger partial charge in [0.15, 0.2) is 9.84 Å². The topological polar surface area (TPSA) is 60.2 Å². The minimum Gasteiger partial charge on any atom is -0.328 e. The maximum atomic E-state index is 11.9. The summed E-state index contributed by atoms with van der Waals surface area (Å²) in [4.78, 5) is 0. The number of hydrogen-bond donors (Lipinski definition) is 1. The average Bonchev–Trinajstić information content (AvgIpc) is 2.40. The standard InChI is InChI=1S/C10H19NO2S/c1-2-14(12,13)10-7-3-4-8(10)6-9(11)5-7/h7-10H,2-6,11H2,1H3.